The largest absolute Gasteiger partial charge is 0.375 e. The summed E-state index contributed by atoms with van der Waals surface area (Å²) in [6.07, 6.45) is 6.42. The lowest BCUT2D eigenvalue weighted by Gasteiger charge is -2.52. The second-order valence-electron chi connectivity index (χ2n) is 15.8. The molecule has 4 aliphatic rings. The average Bonchev–Trinajstić information content (AvgIpc) is 3.71. The number of hydrogen-bond donors (Lipinski definition) is 0. The lowest BCUT2D eigenvalue weighted by Crippen LogP contribution is -2.60. The van der Waals surface area contributed by atoms with E-state index in [1.54, 1.807) is 4.31 Å². The van der Waals surface area contributed by atoms with Crippen molar-refractivity contribution >= 4 is 15.9 Å². The molecule has 1 aliphatic carbocycles. The van der Waals surface area contributed by atoms with Crippen LogP contribution in [-0.4, -0.2) is 106 Å². The third-order valence-corrected chi connectivity index (χ3v) is 11.7. The predicted molar refractivity (Wildman–Crippen MR) is 159 cm³/mol. The highest BCUT2D eigenvalue weighted by atomic mass is 32.2. The van der Waals surface area contributed by atoms with E-state index in [-0.39, 0.29) is 40.5 Å². The summed E-state index contributed by atoms with van der Waals surface area (Å²) in [5.41, 5.74) is -0.109. The zero-order valence-corrected chi connectivity index (χ0v) is 27.6. The van der Waals surface area contributed by atoms with E-state index in [2.05, 4.69) is 65.3 Å². The smallest absolute Gasteiger partial charge is 0.225 e. The van der Waals surface area contributed by atoms with Gasteiger partial charge in [-0.05, 0) is 67.9 Å². The molecule has 1 amide bonds. The summed E-state index contributed by atoms with van der Waals surface area (Å²) in [4.78, 5) is 17.8. The van der Waals surface area contributed by atoms with Crippen LogP contribution >= 0.6 is 0 Å². The Morgan fingerprint density at radius 3 is 2.10 bits per heavy atom. The molecule has 5 atom stereocenters. The molecule has 0 radical (unpaired) electrons. The second kappa shape index (κ2) is 11.7. The van der Waals surface area contributed by atoms with Crippen LogP contribution in [0.5, 0.6) is 0 Å². The van der Waals surface area contributed by atoms with Crippen molar-refractivity contribution in [3.63, 3.8) is 0 Å². The van der Waals surface area contributed by atoms with Gasteiger partial charge < -0.3 is 19.3 Å². The van der Waals surface area contributed by atoms with Gasteiger partial charge in [-0.1, -0.05) is 48.5 Å². The molecule has 0 spiro atoms. The van der Waals surface area contributed by atoms with Gasteiger partial charge in [-0.3, -0.25) is 4.79 Å². The molecule has 0 aromatic carbocycles. The first-order valence-electron chi connectivity index (χ1n) is 15.6. The van der Waals surface area contributed by atoms with Crippen molar-refractivity contribution in [1.29, 1.82) is 0 Å². The summed E-state index contributed by atoms with van der Waals surface area (Å²) in [5.74, 6) is 1.38. The average molecular weight is 584 g/mol. The van der Waals surface area contributed by atoms with Crippen LogP contribution in [-0.2, 0) is 24.3 Å². The van der Waals surface area contributed by atoms with E-state index in [1.807, 2.05) is 0 Å². The van der Waals surface area contributed by atoms with Crippen molar-refractivity contribution in [1.82, 2.24) is 14.1 Å². The number of rotatable bonds is 8. The number of hydrogen-bond acceptors (Lipinski definition) is 6. The first-order valence-corrected chi connectivity index (χ1v) is 17.4. The maximum atomic E-state index is 13.3. The minimum absolute atomic E-state index is 0.0315. The summed E-state index contributed by atoms with van der Waals surface area (Å²) in [6, 6.07) is 0. The Morgan fingerprint density at radius 1 is 0.850 bits per heavy atom. The molecule has 3 aliphatic heterocycles. The fraction of sp³-hybridized carbons (Fsp3) is 0.968. The van der Waals surface area contributed by atoms with Crippen molar-refractivity contribution in [3.8, 4) is 0 Å². The van der Waals surface area contributed by atoms with Gasteiger partial charge in [-0.25, -0.2) is 8.42 Å². The third-order valence-electron chi connectivity index (χ3n) is 10.5. The maximum absolute atomic E-state index is 13.3. The minimum Gasteiger partial charge on any atom is -0.375 e. The second-order valence-corrected chi connectivity index (χ2v) is 17.8. The monoisotopic (exact) mass is 583 g/mol. The summed E-state index contributed by atoms with van der Waals surface area (Å²) >= 11 is 0. The lowest BCUT2D eigenvalue weighted by molar-refractivity contribution is -0.178. The molecule has 0 aromatic rings. The molecule has 3 saturated heterocycles. The Morgan fingerprint density at radius 2 is 1.50 bits per heavy atom. The van der Waals surface area contributed by atoms with Crippen LogP contribution in [0.2, 0.25) is 0 Å². The van der Waals surface area contributed by atoms with Crippen LogP contribution in [0.25, 0.3) is 0 Å². The quantitative estimate of drug-likeness (QED) is 0.428. The number of sulfonamides is 1. The molecule has 8 nitrogen and oxygen atoms in total. The normalized spacial score (nSPS) is 32.3. The Labute approximate surface area is 244 Å². The van der Waals surface area contributed by atoms with E-state index >= 15 is 0 Å². The molecule has 4 fully saturated rings. The molecule has 4 rings (SSSR count). The van der Waals surface area contributed by atoms with Crippen LogP contribution in [0.1, 0.15) is 80.6 Å². The highest BCUT2D eigenvalue weighted by Crippen LogP contribution is 2.47. The number of morpholine rings is 2. The van der Waals surface area contributed by atoms with Crippen molar-refractivity contribution in [3.05, 3.63) is 0 Å². The number of likely N-dealkylation sites (tertiary alicyclic amines) is 1. The highest BCUT2D eigenvalue weighted by molar-refractivity contribution is 7.88. The van der Waals surface area contributed by atoms with E-state index in [0.29, 0.717) is 50.5 Å². The molecule has 0 aromatic heterocycles. The van der Waals surface area contributed by atoms with E-state index in [1.165, 1.54) is 6.26 Å². The Balaban J connectivity index is 1.49. The van der Waals surface area contributed by atoms with Gasteiger partial charge in [0.05, 0.1) is 31.2 Å². The summed E-state index contributed by atoms with van der Waals surface area (Å²) < 4.78 is 39.1. The maximum Gasteiger partial charge on any atom is 0.225 e. The van der Waals surface area contributed by atoms with E-state index in [0.717, 1.165) is 45.2 Å². The first kappa shape index (κ1) is 32.2. The van der Waals surface area contributed by atoms with E-state index in [9.17, 15) is 13.2 Å². The number of carbonyl (C=O) groups excluding carboxylic acids is 1. The topological polar surface area (TPSA) is 79.4 Å². The molecule has 3 heterocycles. The van der Waals surface area contributed by atoms with Crippen molar-refractivity contribution < 1.29 is 22.7 Å². The number of amides is 1. The highest BCUT2D eigenvalue weighted by Gasteiger charge is 2.49. The van der Waals surface area contributed by atoms with E-state index < -0.39 is 10.0 Å². The van der Waals surface area contributed by atoms with E-state index in [4.69, 9.17) is 9.47 Å². The molecule has 0 bridgehead atoms. The Bertz CT molecular complexity index is 1000. The van der Waals surface area contributed by atoms with Gasteiger partial charge in [-0.15, -0.1) is 0 Å². The van der Waals surface area contributed by atoms with Gasteiger partial charge in [0, 0.05) is 44.6 Å². The summed E-state index contributed by atoms with van der Waals surface area (Å²) in [5, 5.41) is 0. The van der Waals surface area contributed by atoms with Gasteiger partial charge in [0.25, 0.3) is 0 Å². The molecule has 40 heavy (non-hydrogen) atoms. The Kier molecular flexibility index (Phi) is 9.45. The van der Waals surface area contributed by atoms with Crippen molar-refractivity contribution in [2.75, 3.05) is 59.2 Å². The zero-order chi connectivity index (χ0) is 29.7. The van der Waals surface area contributed by atoms with Crippen LogP contribution in [0.4, 0.5) is 0 Å². The van der Waals surface area contributed by atoms with Gasteiger partial charge in [0.1, 0.15) is 0 Å². The lowest BCUT2D eigenvalue weighted by atomic mass is 9.63. The van der Waals surface area contributed by atoms with Crippen LogP contribution in [0, 0.1) is 34.0 Å². The zero-order valence-electron chi connectivity index (χ0n) is 26.7. The minimum atomic E-state index is -3.23. The molecular formula is C31H57N3O5S. The number of ether oxygens (including phenoxy) is 2. The van der Waals surface area contributed by atoms with Crippen LogP contribution in [0.3, 0.4) is 0 Å². The van der Waals surface area contributed by atoms with Crippen LogP contribution in [0.15, 0.2) is 0 Å². The van der Waals surface area contributed by atoms with Gasteiger partial charge in [0.2, 0.25) is 15.9 Å². The summed E-state index contributed by atoms with van der Waals surface area (Å²) in [7, 11) is -1.01. The molecule has 5 unspecified atom stereocenters. The SMILES string of the molecule is CN1CCC(C(C)(C)CCC(C)(C)C2CN(S(C)(=O)=O)CCO2)C(C2CN(C(=O)C3CC3)CC(C(C)(C)C)O2)C1. The third kappa shape index (κ3) is 7.61. The van der Waals surface area contributed by atoms with Crippen molar-refractivity contribution in [2.24, 2.45) is 34.0 Å². The summed E-state index contributed by atoms with van der Waals surface area (Å²) in [6.45, 7) is 20.7. The van der Waals surface area contributed by atoms with Gasteiger partial charge in [0.15, 0.2) is 0 Å². The fourth-order valence-corrected chi connectivity index (χ4v) is 7.97. The van der Waals surface area contributed by atoms with Crippen LogP contribution < -0.4 is 0 Å². The fourth-order valence-electron chi connectivity index (χ4n) is 7.16. The predicted octanol–water partition coefficient (Wildman–Crippen LogP) is 4.10. The molecule has 9 heteroatoms. The molecule has 1 saturated carbocycles. The van der Waals surface area contributed by atoms with Crippen molar-refractivity contribution in [2.45, 2.75) is 98.9 Å². The number of piperidine rings is 1. The van der Waals surface area contributed by atoms with Gasteiger partial charge in [-0.2, -0.15) is 4.31 Å². The van der Waals surface area contributed by atoms with Gasteiger partial charge >= 0.3 is 0 Å². The number of nitrogens with zero attached hydrogens (tertiary/aromatic N) is 3. The number of carbonyl (C=O) groups is 1. The first-order chi connectivity index (χ1) is 18.4. The molecule has 232 valence electrons. The molecule has 0 N–H and O–H groups in total. The standard InChI is InChI=1S/C31H57N3O5S/c1-29(2,3)26-20-33(28(35)22-10-11-22)19-25(39-26)23-18-32(8)15-12-24(23)30(4,5)13-14-31(6,7)27-21-34(16-17-38-27)40(9,36)37/h22-27H,10-21H2,1-9H3. The molecular weight excluding hydrogens is 526 g/mol. The Hall–Kier alpha value is -0.740.